The van der Waals surface area contributed by atoms with Crippen molar-refractivity contribution < 1.29 is 27.2 Å². The van der Waals surface area contributed by atoms with Gasteiger partial charge in [0, 0.05) is 17.0 Å². The molecule has 134 valence electrons. The van der Waals surface area contributed by atoms with Crippen LogP contribution in [0, 0.1) is 6.92 Å². The summed E-state index contributed by atoms with van der Waals surface area (Å²) >= 11 is 0. The maximum atomic E-state index is 12.3. The lowest BCUT2D eigenvalue weighted by molar-refractivity contribution is -0.129. The van der Waals surface area contributed by atoms with Crippen LogP contribution in [-0.2, 0) is 19.4 Å². The van der Waals surface area contributed by atoms with E-state index < -0.39 is 33.9 Å². The second-order valence-corrected chi connectivity index (χ2v) is 8.44. The number of carbonyl (C=O) groups is 2. The molecule has 0 saturated carbocycles. The van der Waals surface area contributed by atoms with E-state index in [-0.39, 0.29) is 17.3 Å². The van der Waals surface area contributed by atoms with Crippen molar-refractivity contribution in [1.82, 2.24) is 5.32 Å². The van der Waals surface area contributed by atoms with Crippen molar-refractivity contribution in [2.24, 2.45) is 0 Å². The zero-order chi connectivity index (χ0) is 18.2. The number of furan rings is 1. The third kappa shape index (κ3) is 3.68. The standard InChI is InChI=1S/C17H19NO6S/c1-10-13-5-3-4-6-14(13)24-15(10)17(20)23-11(2)16(19)18-12-7-8-25(21,22)9-12/h3-6,11-12H,7-9H2,1-2H3,(H,18,19)/t11-,12+/m0/s1. The van der Waals surface area contributed by atoms with Crippen LogP contribution in [0.15, 0.2) is 28.7 Å². The molecule has 7 nitrogen and oxygen atoms in total. The van der Waals surface area contributed by atoms with Gasteiger partial charge in [-0.1, -0.05) is 18.2 Å². The molecule has 3 rings (SSSR count). The summed E-state index contributed by atoms with van der Waals surface area (Å²) in [4.78, 5) is 24.4. The quantitative estimate of drug-likeness (QED) is 0.826. The Kier molecular flexibility index (Phi) is 4.55. The Morgan fingerprint density at radius 1 is 1.32 bits per heavy atom. The van der Waals surface area contributed by atoms with Gasteiger partial charge in [-0.05, 0) is 26.3 Å². The monoisotopic (exact) mass is 365 g/mol. The minimum atomic E-state index is -3.09. The minimum Gasteiger partial charge on any atom is -0.449 e. The van der Waals surface area contributed by atoms with Gasteiger partial charge in [0.15, 0.2) is 15.9 Å². The molecule has 2 heterocycles. The summed E-state index contributed by atoms with van der Waals surface area (Å²) in [5.41, 5.74) is 1.22. The van der Waals surface area contributed by atoms with E-state index in [1.54, 1.807) is 19.1 Å². The zero-order valence-electron chi connectivity index (χ0n) is 13.9. The first-order chi connectivity index (χ1) is 11.8. The van der Waals surface area contributed by atoms with E-state index >= 15 is 0 Å². The molecule has 0 radical (unpaired) electrons. The van der Waals surface area contributed by atoms with Gasteiger partial charge in [0.2, 0.25) is 5.76 Å². The molecule has 2 aromatic rings. The number of aryl methyl sites for hydroxylation is 1. The number of rotatable bonds is 4. The van der Waals surface area contributed by atoms with E-state index in [0.717, 1.165) is 5.39 Å². The number of benzene rings is 1. The molecule has 1 N–H and O–H groups in total. The molecule has 1 fully saturated rings. The molecule has 0 bridgehead atoms. The Morgan fingerprint density at radius 2 is 2.04 bits per heavy atom. The Labute approximate surface area is 145 Å². The van der Waals surface area contributed by atoms with Crippen molar-refractivity contribution in [1.29, 1.82) is 0 Å². The van der Waals surface area contributed by atoms with Crippen molar-refractivity contribution >= 4 is 32.7 Å². The molecule has 1 aromatic heterocycles. The van der Waals surface area contributed by atoms with Crippen molar-refractivity contribution in [3.8, 4) is 0 Å². The number of esters is 1. The van der Waals surface area contributed by atoms with E-state index in [2.05, 4.69) is 5.32 Å². The lowest BCUT2D eigenvalue weighted by Gasteiger charge is -2.16. The van der Waals surface area contributed by atoms with Crippen LogP contribution in [0.4, 0.5) is 0 Å². The van der Waals surface area contributed by atoms with Gasteiger partial charge < -0.3 is 14.5 Å². The van der Waals surface area contributed by atoms with Crippen LogP contribution >= 0.6 is 0 Å². The van der Waals surface area contributed by atoms with Crippen molar-refractivity contribution in [3.63, 3.8) is 0 Å². The van der Waals surface area contributed by atoms with Crippen LogP contribution in [0.1, 0.15) is 29.5 Å². The van der Waals surface area contributed by atoms with Gasteiger partial charge in [-0.3, -0.25) is 4.79 Å². The summed E-state index contributed by atoms with van der Waals surface area (Å²) in [6.07, 6.45) is -0.680. The predicted molar refractivity (Wildman–Crippen MR) is 91.0 cm³/mol. The highest BCUT2D eigenvalue weighted by molar-refractivity contribution is 7.91. The molecular formula is C17H19NO6S. The molecular weight excluding hydrogens is 346 g/mol. The summed E-state index contributed by atoms with van der Waals surface area (Å²) in [7, 11) is -3.09. The first kappa shape index (κ1) is 17.5. The van der Waals surface area contributed by atoms with Crippen LogP contribution in [0.3, 0.4) is 0 Å². The van der Waals surface area contributed by atoms with E-state index in [1.165, 1.54) is 6.92 Å². The third-order valence-electron chi connectivity index (χ3n) is 4.26. The van der Waals surface area contributed by atoms with Gasteiger partial charge in [0.1, 0.15) is 5.58 Å². The summed E-state index contributed by atoms with van der Waals surface area (Å²) in [5.74, 6) is -1.21. The number of carbonyl (C=O) groups excluding carboxylic acids is 2. The Bertz CT molecular complexity index is 930. The molecule has 0 aliphatic carbocycles. The van der Waals surface area contributed by atoms with Crippen LogP contribution in [0.25, 0.3) is 11.0 Å². The smallest absolute Gasteiger partial charge is 0.375 e. The summed E-state index contributed by atoms with van der Waals surface area (Å²) in [6.45, 7) is 3.19. The highest BCUT2D eigenvalue weighted by Crippen LogP contribution is 2.25. The average Bonchev–Trinajstić information content (AvgIpc) is 3.07. The number of amides is 1. The van der Waals surface area contributed by atoms with E-state index in [1.807, 2.05) is 12.1 Å². The highest BCUT2D eigenvalue weighted by atomic mass is 32.2. The topological polar surface area (TPSA) is 103 Å². The Hall–Kier alpha value is -2.35. The number of nitrogens with one attached hydrogen (secondary N) is 1. The molecule has 0 spiro atoms. The number of hydrogen-bond donors (Lipinski definition) is 1. The molecule has 8 heteroatoms. The summed E-state index contributed by atoms with van der Waals surface area (Å²) < 4.78 is 33.6. The van der Waals surface area contributed by atoms with E-state index in [9.17, 15) is 18.0 Å². The second-order valence-electron chi connectivity index (χ2n) is 6.21. The van der Waals surface area contributed by atoms with Gasteiger partial charge in [-0.2, -0.15) is 0 Å². The first-order valence-corrected chi connectivity index (χ1v) is 9.79. The van der Waals surface area contributed by atoms with Crippen LogP contribution in [0.2, 0.25) is 0 Å². The normalized spacial score (nSPS) is 20.3. The van der Waals surface area contributed by atoms with Gasteiger partial charge >= 0.3 is 5.97 Å². The Balaban J connectivity index is 1.65. The van der Waals surface area contributed by atoms with Gasteiger partial charge in [0.25, 0.3) is 5.91 Å². The van der Waals surface area contributed by atoms with Gasteiger partial charge in [-0.15, -0.1) is 0 Å². The van der Waals surface area contributed by atoms with Crippen LogP contribution in [0.5, 0.6) is 0 Å². The molecule has 1 aliphatic rings. The molecule has 2 atom stereocenters. The number of ether oxygens (including phenoxy) is 1. The Morgan fingerprint density at radius 3 is 2.68 bits per heavy atom. The first-order valence-electron chi connectivity index (χ1n) is 7.97. The number of fused-ring (bicyclic) bond motifs is 1. The largest absolute Gasteiger partial charge is 0.449 e. The second kappa shape index (κ2) is 6.51. The highest BCUT2D eigenvalue weighted by Gasteiger charge is 2.31. The van der Waals surface area contributed by atoms with Crippen molar-refractivity contribution in [3.05, 3.63) is 35.6 Å². The molecule has 1 saturated heterocycles. The number of para-hydroxylation sites is 1. The maximum absolute atomic E-state index is 12.3. The van der Waals surface area contributed by atoms with Crippen molar-refractivity contribution in [2.45, 2.75) is 32.4 Å². The maximum Gasteiger partial charge on any atom is 0.375 e. The number of hydrogen-bond acceptors (Lipinski definition) is 6. The lowest BCUT2D eigenvalue weighted by atomic mass is 10.1. The van der Waals surface area contributed by atoms with Crippen LogP contribution in [-0.4, -0.2) is 43.9 Å². The fourth-order valence-electron chi connectivity index (χ4n) is 2.86. The predicted octanol–water partition coefficient (Wildman–Crippen LogP) is 1.59. The molecule has 1 aliphatic heterocycles. The molecule has 25 heavy (non-hydrogen) atoms. The fraction of sp³-hybridized carbons (Fsp3) is 0.412. The molecule has 1 amide bonds. The van der Waals surface area contributed by atoms with E-state index in [4.69, 9.17) is 9.15 Å². The van der Waals surface area contributed by atoms with Gasteiger partial charge in [0.05, 0.1) is 11.5 Å². The number of sulfone groups is 1. The van der Waals surface area contributed by atoms with Gasteiger partial charge in [-0.25, -0.2) is 13.2 Å². The summed E-state index contributed by atoms with van der Waals surface area (Å²) in [6, 6.07) is 6.78. The van der Waals surface area contributed by atoms with E-state index in [0.29, 0.717) is 17.6 Å². The lowest BCUT2D eigenvalue weighted by Crippen LogP contribution is -2.42. The minimum absolute atomic E-state index is 0.0595. The van der Waals surface area contributed by atoms with Crippen LogP contribution < -0.4 is 5.32 Å². The average molecular weight is 365 g/mol. The SMILES string of the molecule is Cc1c(C(=O)O[C@@H](C)C(=O)N[C@@H]2CCS(=O)(=O)C2)oc2ccccc12. The molecule has 1 aromatic carbocycles. The zero-order valence-corrected chi connectivity index (χ0v) is 14.8. The fourth-order valence-corrected chi connectivity index (χ4v) is 4.54. The van der Waals surface area contributed by atoms with Crippen molar-refractivity contribution in [2.75, 3.05) is 11.5 Å². The third-order valence-corrected chi connectivity index (χ3v) is 6.03. The summed E-state index contributed by atoms with van der Waals surface area (Å²) in [5, 5.41) is 3.41. The molecule has 0 unspecified atom stereocenters.